The number of imidazole rings is 1. The van der Waals surface area contributed by atoms with Crippen molar-refractivity contribution in [2.45, 2.75) is 18.0 Å². The lowest BCUT2D eigenvalue weighted by Crippen LogP contribution is -2.08. The van der Waals surface area contributed by atoms with Gasteiger partial charge in [0.05, 0.1) is 0 Å². The van der Waals surface area contributed by atoms with Crippen LogP contribution >= 0.6 is 11.8 Å². The Hall–Kier alpha value is -1.34. The molecule has 0 amide bonds. The molecule has 2 heterocycles. The summed E-state index contributed by atoms with van der Waals surface area (Å²) in [5.74, 6) is 2.87. The van der Waals surface area contributed by atoms with Crippen LogP contribution in [-0.2, 0) is 19.9 Å². The summed E-state index contributed by atoms with van der Waals surface area (Å²) in [6.45, 7) is 0.600. The van der Waals surface area contributed by atoms with Gasteiger partial charge in [-0.2, -0.15) is 0 Å². The third kappa shape index (κ3) is 3.07. The third-order valence-electron chi connectivity index (χ3n) is 2.42. The minimum absolute atomic E-state index is 0.600. The lowest BCUT2D eigenvalue weighted by atomic mass is 10.4. The Labute approximate surface area is 104 Å². The van der Waals surface area contributed by atoms with Crippen LogP contribution in [-0.4, -0.2) is 37.0 Å². The standard InChI is InChI=1S/C10H16N6S/c1-16-9(2-4-11)14-15-10(16)17-7-3-8-12-5-6-13-8/h5-6H,2-4,7,11H2,1H3,(H,12,13). The highest BCUT2D eigenvalue weighted by atomic mass is 32.2. The van der Waals surface area contributed by atoms with Crippen molar-refractivity contribution in [2.24, 2.45) is 12.8 Å². The van der Waals surface area contributed by atoms with E-state index in [0.29, 0.717) is 6.54 Å². The van der Waals surface area contributed by atoms with Crippen molar-refractivity contribution < 1.29 is 0 Å². The average Bonchev–Trinajstić information content (AvgIpc) is 2.94. The van der Waals surface area contributed by atoms with Crippen molar-refractivity contribution in [3.05, 3.63) is 24.0 Å². The number of nitrogens with zero attached hydrogens (tertiary/aromatic N) is 4. The lowest BCUT2D eigenvalue weighted by Gasteiger charge is -2.01. The van der Waals surface area contributed by atoms with Gasteiger partial charge in [-0.15, -0.1) is 10.2 Å². The molecular formula is C10H16N6S. The maximum absolute atomic E-state index is 5.50. The first-order valence-corrected chi connectivity index (χ1v) is 6.49. The minimum Gasteiger partial charge on any atom is -0.349 e. The van der Waals surface area contributed by atoms with Gasteiger partial charge >= 0.3 is 0 Å². The Kier molecular flexibility index (Phi) is 4.16. The van der Waals surface area contributed by atoms with Crippen LogP contribution in [0.25, 0.3) is 0 Å². The summed E-state index contributed by atoms with van der Waals surface area (Å²) in [6.07, 6.45) is 5.27. The van der Waals surface area contributed by atoms with Crippen molar-refractivity contribution in [3.8, 4) is 0 Å². The van der Waals surface area contributed by atoms with Crippen molar-refractivity contribution in [2.75, 3.05) is 12.3 Å². The summed E-state index contributed by atoms with van der Waals surface area (Å²) in [7, 11) is 1.97. The fraction of sp³-hybridized carbons (Fsp3) is 0.500. The first-order valence-electron chi connectivity index (χ1n) is 5.50. The Bertz CT molecular complexity index is 449. The molecule has 3 N–H and O–H groups in total. The van der Waals surface area contributed by atoms with Gasteiger partial charge in [0.15, 0.2) is 5.16 Å². The number of aromatic amines is 1. The molecule has 2 aromatic heterocycles. The Morgan fingerprint density at radius 3 is 3.00 bits per heavy atom. The molecule has 6 nitrogen and oxygen atoms in total. The number of H-pyrrole nitrogens is 1. The SMILES string of the molecule is Cn1c(CCN)nnc1SCCc1ncc[nH]1. The molecule has 0 bridgehead atoms. The topological polar surface area (TPSA) is 85.4 Å². The molecule has 0 unspecified atom stereocenters. The second-order valence-electron chi connectivity index (χ2n) is 3.63. The Morgan fingerprint density at radius 2 is 2.29 bits per heavy atom. The smallest absolute Gasteiger partial charge is 0.190 e. The summed E-state index contributed by atoms with van der Waals surface area (Å²) in [5, 5.41) is 9.18. The Balaban J connectivity index is 1.86. The van der Waals surface area contributed by atoms with Gasteiger partial charge < -0.3 is 15.3 Å². The van der Waals surface area contributed by atoms with Crippen LogP contribution in [0, 0.1) is 0 Å². The van der Waals surface area contributed by atoms with E-state index in [9.17, 15) is 0 Å². The van der Waals surface area contributed by atoms with E-state index in [2.05, 4.69) is 20.2 Å². The first-order chi connectivity index (χ1) is 8.31. The van der Waals surface area contributed by atoms with Gasteiger partial charge in [0.25, 0.3) is 0 Å². The van der Waals surface area contributed by atoms with Gasteiger partial charge in [0.2, 0.25) is 0 Å². The number of thioether (sulfide) groups is 1. The van der Waals surface area contributed by atoms with E-state index in [1.54, 1.807) is 18.0 Å². The number of aromatic nitrogens is 5. The molecule has 0 atom stereocenters. The van der Waals surface area contributed by atoms with Crippen molar-refractivity contribution in [1.82, 2.24) is 24.7 Å². The summed E-state index contributed by atoms with van der Waals surface area (Å²) in [5.41, 5.74) is 5.50. The van der Waals surface area contributed by atoms with Crippen molar-refractivity contribution in [3.63, 3.8) is 0 Å². The first kappa shape index (κ1) is 12.1. The van der Waals surface area contributed by atoms with Gasteiger partial charge in [0.1, 0.15) is 11.6 Å². The van der Waals surface area contributed by atoms with E-state index in [-0.39, 0.29) is 0 Å². The molecule has 2 rings (SSSR count). The molecule has 0 fully saturated rings. The zero-order valence-corrected chi connectivity index (χ0v) is 10.6. The highest BCUT2D eigenvalue weighted by molar-refractivity contribution is 7.99. The number of nitrogens with one attached hydrogen (secondary N) is 1. The number of hydrogen-bond donors (Lipinski definition) is 2. The van der Waals surface area contributed by atoms with Gasteiger partial charge in [-0.05, 0) is 6.54 Å². The molecule has 2 aromatic rings. The molecule has 17 heavy (non-hydrogen) atoms. The van der Waals surface area contributed by atoms with Crippen LogP contribution in [0.1, 0.15) is 11.6 Å². The second kappa shape index (κ2) is 5.83. The average molecular weight is 252 g/mol. The maximum Gasteiger partial charge on any atom is 0.190 e. The zero-order valence-electron chi connectivity index (χ0n) is 9.76. The molecule has 0 aliphatic heterocycles. The molecule has 0 aliphatic carbocycles. The second-order valence-corrected chi connectivity index (χ2v) is 4.69. The molecule has 7 heteroatoms. The van der Waals surface area contributed by atoms with Gasteiger partial charge in [-0.1, -0.05) is 11.8 Å². The molecule has 0 radical (unpaired) electrons. The fourth-order valence-electron chi connectivity index (χ4n) is 1.49. The number of hydrogen-bond acceptors (Lipinski definition) is 5. The van der Waals surface area contributed by atoms with Crippen molar-refractivity contribution in [1.29, 1.82) is 0 Å². The minimum atomic E-state index is 0.600. The van der Waals surface area contributed by atoms with E-state index in [0.717, 1.165) is 35.4 Å². The normalized spacial score (nSPS) is 10.9. The highest BCUT2D eigenvalue weighted by Crippen LogP contribution is 2.16. The van der Waals surface area contributed by atoms with Crippen LogP contribution < -0.4 is 5.73 Å². The molecule has 0 spiro atoms. The van der Waals surface area contributed by atoms with Crippen LogP contribution in [0.2, 0.25) is 0 Å². The molecule has 92 valence electrons. The quantitative estimate of drug-likeness (QED) is 0.726. The van der Waals surface area contributed by atoms with Gasteiger partial charge in [-0.25, -0.2) is 4.98 Å². The fourth-order valence-corrected chi connectivity index (χ4v) is 2.37. The van der Waals surface area contributed by atoms with Gasteiger partial charge in [0, 0.05) is 38.0 Å². The number of nitrogens with two attached hydrogens (primary N) is 1. The predicted molar refractivity (Wildman–Crippen MR) is 66.8 cm³/mol. The number of aryl methyl sites for hydroxylation is 1. The van der Waals surface area contributed by atoms with Crippen LogP contribution in [0.15, 0.2) is 17.6 Å². The monoisotopic (exact) mass is 252 g/mol. The highest BCUT2D eigenvalue weighted by Gasteiger charge is 2.08. The third-order valence-corrected chi connectivity index (χ3v) is 3.44. The summed E-state index contributed by atoms with van der Waals surface area (Å²) >= 11 is 1.68. The van der Waals surface area contributed by atoms with E-state index in [1.807, 2.05) is 17.8 Å². The summed E-state index contributed by atoms with van der Waals surface area (Å²) in [4.78, 5) is 7.26. The molecule has 0 saturated carbocycles. The molecule has 0 aliphatic rings. The summed E-state index contributed by atoms with van der Waals surface area (Å²) in [6, 6.07) is 0. The predicted octanol–water partition coefficient (Wildman–Crippen LogP) is 0.374. The largest absolute Gasteiger partial charge is 0.349 e. The molecule has 0 saturated heterocycles. The van der Waals surface area contributed by atoms with E-state index in [4.69, 9.17) is 5.73 Å². The van der Waals surface area contributed by atoms with E-state index >= 15 is 0 Å². The van der Waals surface area contributed by atoms with Crippen LogP contribution in [0.3, 0.4) is 0 Å². The maximum atomic E-state index is 5.50. The zero-order chi connectivity index (χ0) is 12.1. The van der Waals surface area contributed by atoms with Crippen molar-refractivity contribution >= 4 is 11.8 Å². The van der Waals surface area contributed by atoms with Crippen LogP contribution in [0.4, 0.5) is 0 Å². The Morgan fingerprint density at radius 1 is 1.41 bits per heavy atom. The van der Waals surface area contributed by atoms with Crippen LogP contribution in [0.5, 0.6) is 0 Å². The van der Waals surface area contributed by atoms with Gasteiger partial charge in [-0.3, -0.25) is 0 Å². The molecule has 0 aromatic carbocycles. The van der Waals surface area contributed by atoms with E-state index < -0.39 is 0 Å². The number of rotatable bonds is 6. The lowest BCUT2D eigenvalue weighted by molar-refractivity contribution is 0.726. The molecular weight excluding hydrogens is 236 g/mol. The van der Waals surface area contributed by atoms with E-state index in [1.165, 1.54) is 0 Å². The summed E-state index contributed by atoms with van der Waals surface area (Å²) < 4.78 is 2.00.